The van der Waals surface area contributed by atoms with E-state index in [2.05, 4.69) is 25.6 Å². The van der Waals surface area contributed by atoms with Gasteiger partial charge in [-0.1, -0.05) is 23.7 Å². The van der Waals surface area contributed by atoms with Crippen LogP contribution in [0.15, 0.2) is 43.0 Å². The summed E-state index contributed by atoms with van der Waals surface area (Å²) in [6, 6.07) is 6.47. The van der Waals surface area contributed by atoms with Gasteiger partial charge in [0.2, 0.25) is 5.95 Å². The highest BCUT2D eigenvalue weighted by molar-refractivity contribution is 7.91. The molecule has 1 aliphatic rings. The van der Waals surface area contributed by atoms with Gasteiger partial charge < -0.3 is 20.5 Å². The minimum absolute atomic E-state index is 0.0403. The molecule has 0 saturated carbocycles. The van der Waals surface area contributed by atoms with Crippen LogP contribution in [0.4, 0.5) is 5.95 Å². The number of halogens is 1. The molecule has 3 heterocycles. The van der Waals surface area contributed by atoms with Crippen molar-refractivity contribution in [3.8, 4) is 5.82 Å². The zero-order valence-corrected chi connectivity index (χ0v) is 19.8. The van der Waals surface area contributed by atoms with Crippen molar-refractivity contribution >= 4 is 33.3 Å². The van der Waals surface area contributed by atoms with Crippen LogP contribution in [0.3, 0.4) is 0 Å². The van der Waals surface area contributed by atoms with Gasteiger partial charge in [-0.3, -0.25) is 9.36 Å². The van der Waals surface area contributed by atoms with Crippen molar-refractivity contribution in [3.05, 3.63) is 64.8 Å². The molecule has 34 heavy (non-hydrogen) atoms. The van der Waals surface area contributed by atoms with Crippen molar-refractivity contribution in [2.45, 2.75) is 25.6 Å². The Labute approximate surface area is 201 Å². The van der Waals surface area contributed by atoms with E-state index in [1.54, 1.807) is 35.0 Å². The van der Waals surface area contributed by atoms with Gasteiger partial charge in [0.1, 0.15) is 24.6 Å². The van der Waals surface area contributed by atoms with Gasteiger partial charge in [-0.15, -0.1) is 0 Å². The summed E-state index contributed by atoms with van der Waals surface area (Å²) in [5, 5.41) is 15.4. The number of carbonyl (C=O) groups is 1. The molecule has 2 atom stereocenters. The fourth-order valence-corrected chi connectivity index (χ4v) is 5.44. The summed E-state index contributed by atoms with van der Waals surface area (Å²) < 4.78 is 30.2. The molecule has 1 saturated heterocycles. The van der Waals surface area contributed by atoms with E-state index in [1.807, 2.05) is 6.92 Å². The zero-order valence-electron chi connectivity index (χ0n) is 18.2. The summed E-state index contributed by atoms with van der Waals surface area (Å²) >= 11 is 6.02. The lowest BCUT2D eigenvalue weighted by atomic mass is 10.2. The summed E-state index contributed by atoms with van der Waals surface area (Å²) in [7, 11) is -3.04. The first-order chi connectivity index (χ1) is 16.2. The maximum Gasteiger partial charge on any atom is 0.273 e. The molecule has 1 fully saturated rings. The number of nitrogens with one attached hydrogen (secondary N) is 2. The third-order valence-corrected chi connectivity index (χ3v) is 7.23. The van der Waals surface area contributed by atoms with Crippen molar-refractivity contribution < 1.29 is 23.1 Å². The minimum atomic E-state index is -3.04. The van der Waals surface area contributed by atoms with Gasteiger partial charge in [0.05, 0.1) is 11.5 Å². The summed E-state index contributed by atoms with van der Waals surface area (Å²) in [6.07, 6.45) is 4.12. The Kier molecular flexibility index (Phi) is 7.12. The molecule has 0 aliphatic carbocycles. The minimum Gasteiger partial charge on any atom is -0.371 e. The highest BCUT2D eigenvalue weighted by Gasteiger charge is 2.28. The molecule has 13 heteroatoms. The lowest BCUT2D eigenvalue weighted by Crippen LogP contribution is -2.31. The van der Waals surface area contributed by atoms with Crippen molar-refractivity contribution in [1.82, 2.24) is 24.8 Å². The molecule has 3 N–H and O–H groups in total. The number of hydrogen-bond acceptors (Lipinski definition) is 9. The molecule has 2 aromatic heterocycles. The van der Waals surface area contributed by atoms with Crippen LogP contribution in [-0.2, 0) is 14.6 Å². The van der Waals surface area contributed by atoms with Crippen LogP contribution in [0.5, 0.6) is 0 Å². The number of hydrogen-bond donors (Lipinski definition) is 3. The first kappa shape index (κ1) is 24.1. The highest BCUT2D eigenvalue weighted by atomic mass is 35.5. The number of amides is 1. The second-order valence-corrected chi connectivity index (χ2v) is 10.5. The molecule has 3 aromatic rings. The molecular formula is C21H23ClN6O5S. The number of aliphatic hydroxyl groups excluding tert-OH is 1. The second kappa shape index (κ2) is 10.1. The van der Waals surface area contributed by atoms with Gasteiger partial charge in [-0.2, -0.15) is 4.98 Å². The van der Waals surface area contributed by atoms with Gasteiger partial charge in [0.15, 0.2) is 16.1 Å². The summed E-state index contributed by atoms with van der Waals surface area (Å²) in [6.45, 7) is 1.20. The quantitative estimate of drug-likeness (QED) is 0.387. The Morgan fingerprint density at radius 1 is 1.38 bits per heavy atom. The third kappa shape index (κ3) is 5.70. The number of ether oxygens (including phenoxy) is 1. The Bertz CT molecular complexity index is 1300. The number of sulfone groups is 1. The molecule has 180 valence electrons. The summed E-state index contributed by atoms with van der Waals surface area (Å²) in [4.78, 5) is 25.7. The average molecular weight is 507 g/mol. The standard InChI is InChI=1S/C21H23ClN6O5S/c1-13-8-23-21(25-16-5-6-34(31,32)10-16)26-18(13)28-9-17(24-11-28)19(30)27-20(33-12-29)14-3-2-4-15(22)7-14/h2-4,7-9,11,16,20,29H,5-6,10,12H2,1H3,(H,27,30)(H,23,25,26). The van der Waals surface area contributed by atoms with Crippen LogP contribution in [-0.4, -0.2) is 63.3 Å². The molecule has 1 aromatic carbocycles. The van der Waals surface area contributed by atoms with Crippen LogP contribution in [0.25, 0.3) is 5.82 Å². The lowest BCUT2D eigenvalue weighted by molar-refractivity contribution is -0.0615. The second-order valence-electron chi connectivity index (χ2n) is 7.81. The van der Waals surface area contributed by atoms with Gasteiger partial charge in [-0.25, -0.2) is 18.4 Å². The van der Waals surface area contributed by atoms with Crippen molar-refractivity contribution in [3.63, 3.8) is 0 Å². The van der Waals surface area contributed by atoms with Gasteiger partial charge in [0, 0.05) is 34.6 Å². The smallest absolute Gasteiger partial charge is 0.273 e. The summed E-state index contributed by atoms with van der Waals surface area (Å²) in [5.41, 5.74) is 1.39. The topological polar surface area (TPSA) is 148 Å². The number of aryl methyl sites for hydroxylation is 1. The van der Waals surface area contributed by atoms with Crippen LogP contribution < -0.4 is 10.6 Å². The monoisotopic (exact) mass is 506 g/mol. The number of anilines is 1. The van der Waals surface area contributed by atoms with Gasteiger partial charge in [-0.05, 0) is 25.5 Å². The number of aliphatic hydroxyl groups is 1. The SMILES string of the molecule is Cc1cnc(NC2CCS(=O)(=O)C2)nc1-n1cnc(C(=O)NC(OCO)c2cccc(Cl)c2)c1. The largest absolute Gasteiger partial charge is 0.371 e. The van der Waals surface area contributed by atoms with Crippen LogP contribution in [0, 0.1) is 6.92 Å². The highest BCUT2D eigenvalue weighted by Crippen LogP contribution is 2.20. The Balaban J connectivity index is 1.50. The number of imidazole rings is 1. The predicted octanol–water partition coefficient (Wildman–Crippen LogP) is 1.62. The Hall–Kier alpha value is -3.06. The number of rotatable bonds is 8. The van der Waals surface area contributed by atoms with E-state index in [0.29, 0.717) is 28.8 Å². The summed E-state index contributed by atoms with van der Waals surface area (Å²) in [5.74, 6) is 0.430. The maximum absolute atomic E-state index is 12.8. The van der Waals surface area contributed by atoms with Crippen LogP contribution >= 0.6 is 11.6 Å². The molecule has 4 rings (SSSR count). The van der Waals surface area contributed by atoms with Crippen LogP contribution in [0.2, 0.25) is 5.02 Å². The third-order valence-electron chi connectivity index (χ3n) is 5.23. The first-order valence-electron chi connectivity index (χ1n) is 10.4. The number of benzene rings is 1. The molecule has 0 spiro atoms. The lowest BCUT2D eigenvalue weighted by Gasteiger charge is -2.18. The molecule has 0 bridgehead atoms. The van der Waals surface area contributed by atoms with Crippen molar-refractivity contribution in [2.75, 3.05) is 23.6 Å². The van der Waals surface area contributed by atoms with Crippen molar-refractivity contribution in [2.24, 2.45) is 0 Å². The van der Waals surface area contributed by atoms with Gasteiger partial charge >= 0.3 is 0 Å². The molecule has 1 amide bonds. The number of aromatic nitrogens is 4. The van der Waals surface area contributed by atoms with Crippen molar-refractivity contribution in [1.29, 1.82) is 0 Å². The fraction of sp³-hybridized carbons (Fsp3) is 0.333. The zero-order chi connectivity index (χ0) is 24.3. The first-order valence-corrected chi connectivity index (χ1v) is 12.6. The van der Waals surface area contributed by atoms with E-state index >= 15 is 0 Å². The van der Waals surface area contributed by atoms with Crippen LogP contribution in [0.1, 0.15) is 34.3 Å². The average Bonchev–Trinajstić information content (AvgIpc) is 3.41. The van der Waals surface area contributed by atoms with E-state index in [9.17, 15) is 18.3 Å². The fourth-order valence-electron chi connectivity index (χ4n) is 3.57. The maximum atomic E-state index is 12.8. The van der Waals surface area contributed by atoms with Gasteiger partial charge in [0.25, 0.3) is 5.91 Å². The molecule has 11 nitrogen and oxygen atoms in total. The predicted molar refractivity (Wildman–Crippen MR) is 124 cm³/mol. The molecule has 1 aliphatic heterocycles. The Morgan fingerprint density at radius 3 is 2.91 bits per heavy atom. The number of carbonyl (C=O) groups excluding carboxylic acids is 1. The van der Waals surface area contributed by atoms with E-state index in [1.165, 1.54) is 12.5 Å². The Morgan fingerprint density at radius 2 is 2.21 bits per heavy atom. The van der Waals surface area contributed by atoms with E-state index < -0.39 is 28.8 Å². The van der Waals surface area contributed by atoms with E-state index in [4.69, 9.17) is 16.3 Å². The van der Waals surface area contributed by atoms with E-state index in [-0.39, 0.29) is 23.2 Å². The van der Waals surface area contributed by atoms with E-state index in [0.717, 1.165) is 5.56 Å². The molecular weight excluding hydrogens is 484 g/mol. The molecule has 2 unspecified atom stereocenters. The number of nitrogens with zero attached hydrogens (tertiary/aromatic N) is 4. The normalized spacial score (nSPS) is 17.9. The molecule has 0 radical (unpaired) electrons.